The maximum atomic E-state index is 13.2. The molecule has 0 radical (unpaired) electrons. The van der Waals surface area contributed by atoms with E-state index in [-0.39, 0.29) is 18.2 Å². The molecule has 0 bridgehead atoms. The Morgan fingerprint density at radius 1 is 0.974 bits per heavy atom. The van der Waals surface area contributed by atoms with E-state index in [1.54, 1.807) is 24.5 Å². The molecule has 7 rings (SSSR count). The Hall–Kier alpha value is -4.37. The highest BCUT2D eigenvalue weighted by Gasteiger charge is 2.44. The predicted molar refractivity (Wildman–Crippen MR) is 145 cm³/mol. The summed E-state index contributed by atoms with van der Waals surface area (Å²) in [6, 6.07) is 18.6. The molecule has 1 N–H and O–H groups in total. The molecule has 0 aliphatic carbocycles. The van der Waals surface area contributed by atoms with Crippen LogP contribution in [0.5, 0.6) is 17.2 Å². The fraction of sp³-hybridized carbons (Fsp3) is 0.300. The van der Waals surface area contributed by atoms with Crippen LogP contribution in [0.15, 0.2) is 79.3 Å². The Morgan fingerprint density at radius 3 is 2.67 bits per heavy atom. The second-order valence-electron chi connectivity index (χ2n) is 10.4. The maximum absolute atomic E-state index is 13.2. The van der Waals surface area contributed by atoms with Crippen LogP contribution in [0, 0.1) is 5.41 Å². The van der Waals surface area contributed by atoms with Gasteiger partial charge in [-0.1, -0.05) is 18.2 Å². The Bertz CT molecular complexity index is 1490. The van der Waals surface area contributed by atoms with Crippen molar-refractivity contribution in [3.63, 3.8) is 0 Å². The van der Waals surface area contributed by atoms with Gasteiger partial charge < -0.3 is 24.4 Å². The molecule has 198 valence electrons. The number of para-hydroxylation sites is 1. The van der Waals surface area contributed by atoms with Gasteiger partial charge in [0.1, 0.15) is 41.4 Å². The van der Waals surface area contributed by atoms with Crippen molar-refractivity contribution in [3.05, 3.63) is 90.8 Å². The van der Waals surface area contributed by atoms with Crippen LogP contribution in [0.2, 0.25) is 0 Å². The third-order valence-corrected chi connectivity index (χ3v) is 7.81. The lowest BCUT2D eigenvalue weighted by Crippen LogP contribution is -2.58. The normalized spacial score (nSPS) is 19.2. The van der Waals surface area contributed by atoms with Crippen LogP contribution in [0.3, 0.4) is 0 Å². The standard InChI is InChI=1S/C30H29N5O4/c36-29(24-17-23(8-11-31-24)39-22-4-2-1-3-5-22)33-25-18-38-27-7-6-21(16-26(27)35-13-12-32-28(25)35)34-19-30(20-34)9-14-37-15-10-30/h1-8,11-13,16-17,25H,9-10,14-15,18-20H2,(H,33,36). The fourth-order valence-corrected chi connectivity index (χ4v) is 5.67. The minimum Gasteiger partial charge on any atom is -0.489 e. The van der Waals surface area contributed by atoms with Gasteiger partial charge in [0.25, 0.3) is 5.91 Å². The molecule has 3 aliphatic heterocycles. The summed E-state index contributed by atoms with van der Waals surface area (Å²) in [4.78, 5) is 24.5. The number of fused-ring (bicyclic) bond motifs is 3. The zero-order valence-corrected chi connectivity index (χ0v) is 21.5. The summed E-state index contributed by atoms with van der Waals surface area (Å²) in [5.74, 6) is 2.36. The number of carbonyl (C=O) groups excluding carboxylic acids is 1. The fourth-order valence-electron chi connectivity index (χ4n) is 5.67. The van der Waals surface area contributed by atoms with Gasteiger partial charge >= 0.3 is 0 Å². The molecule has 3 aliphatic rings. The van der Waals surface area contributed by atoms with Crippen molar-refractivity contribution in [1.29, 1.82) is 0 Å². The van der Waals surface area contributed by atoms with Gasteiger partial charge in [0, 0.05) is 62.1 Å². The van der Waals surface area contributed by atoms with Crippen LogP contribution >= 0.6 is 0 Å². The summed E-state index contributed by atoms with van der Waals surface area (Å²) < 4.78 is 19.6. The van der Waals surface area contributed by atoms with Crippen LogP contribution in [-0.4, -0.2) is 53.4 Å². The van der Waals surface area contributed by atoms with E-state index in [1.807, 2.05) is 47.2 Å². The van der Waals surface area contributed by atoms with Crippen LogP contribution in [-0.2, 0) is 4.74 Å². The Morgan fingerprint density at radius 2 is 1.82 bits per heavy atom. The van der Waals surface area contributed by atoms with E-state index in [9.17, 15) is 4.79 Å². The van der Waals surface area contributed by atoms with Gasteiger partial charge in [0.2, 0.25) is 0 Å². The number of hydrogen-bond donors (Lipinski definition) is 1. The summed E-state index contributed by atoms with van der Waals surface area (Å²) in [7, 11) is 0. The van der Waals surface area contributed by atoms with E-state index < -0.39 is 6.04 Å². The molecule has 1 spiro atoms. The number of hydrogen-bond acceptors (Lipinski definition) is 7. The number of rotatable bonds is 5. The van der Waals surface area contributed by atoms with Crippen LogP contribution in [0.4, 0.5) is 5.69 Å². The molecule has 2 aromatic heterocycles. The van der Waals surface area contributed by atoms with Gasteiger partial charge in [0.15, 0.2) is 0 Å². The number of pyridine rings is 1. The first-order valence-electron chi connectivity index (χ1n) is 13.3. The molecular weight excluding hydrogens is 494 g/mol. The third kappa shape index (κ3) is 4.59. The van der Waals surface area contributed by atoms with Crippen molar-refractivity contribution in [3.8, 4) is 22.9 Å². The molecule has 9 nitrogen and oxygen atoms in total. The maximum Gasteiger partial charge on any atom is 0.270 e. The molecule has 39 heavy (non-hydrogen) atoms. The highest BCUT2D eigenvalue weighted by atomic mass is 16.5. The lowest BCUT2D eigenvalue weighted by molar-refractivity contribution is -0.000195. The highest BCUT2D eigenvalue weighted by molar-refractivity contribution is 5.92. The lowest BCUT2D eigenvalue weighted by Gasteiger charge is -2.53. The Labute approximate surface area is 226 Å². The average Bonchev–Trinajstić information content (AvgIpc) is 3.40. The van der Waals surface area contributed by atoms with Crippen LogP contribution in [0.1, 0.15) is 35.2 Å². The first-order chi connectivity index (χ1) is 19.2. The number of nitrogens with one attached hydrogen (secondary N) is 1. The van der Waals surface area contributed by atoms with Gasteiger partial charge in [-0.3, -0.25) is 14.3 Å². The van der Waals surface area contributed by atoms with E-state index >= 15 is 0 Å². The van der Waals surface area contributed by atoms with Crippen molar-refractivity contribution in [1.82, 2.24) is 19.9 Å². The van der Waals surface area contributed by atoms with Crippen LogP contribution in [0.25, 0.3) is 5.69 Å². The summed E-state index contributed by atoms with van der Waals surface area (Å²) in [6.45, 7) is 4.06. The molecule has 5 heterocycles. The summed E-state index contributed by atoms with van der Waals surface area (Å²) in [6.07, 6.45) is 7.48. The molecular formula is C30H29N5O4. The monoisotopic (exact) mass is 523 g/mol. The number of ether oxygens (including phenoxy) is 3. The lowest BCUT2D eigenvalue weighted by atomic mass is 9.73. The molecule has 4 aromatic rings. The van der Waals surface area contributed by atoms with Crippen LogP contribution < -0.4 is 19.7 Å². The topological polar surface area (TPSA) is 90.7 Å². The quantitative estimate of drug-likeness (QED) is 0.411. The van der Waals surface area contributed by atoms with Crippen molar-refractivity contribution in [2.45, 2.75) is 18.9 Å². The molecule has 1 atom stereocenters. The first kappa shape index (κ1) is 23.7. The van der Waals surface area contributed by atoms with Gasteiger partial charge in [0.05, 0.1) is 5.69 Å². The number of aromatic nitrogens is 3. The van der Waals surface area contributed by atoms with E-state index in [2.05, 4.69) is 32.3 Å². The summed E-state index contributed by atoms with van der Waals surface area (Å²) in [5, 5.41) is 3.05. The van der Waals surface area contributed by atoms with Gasteiger partial charge in [-0.05, 0) is 49.2 Å². The first-order valence-corrected chi connectivity index (χ1v) is 13.3. The molecule has 9 heteroatoms. The van der Waals surface area contributed by atoms with E-state index in [1.165, 1.54) is 0 Å². The summed E-state index contributed by atoms with van der Waals surface area (Å²) >= 11 is 0. The number of amides is 1. The largest absolute Gasteiger partial charge is 0.489 e. The zero-order chi connectivity index (χ0) is 26.2. The van der Waals surface area contributed by atoms with Crippen molar-refractivity contribution in [2.24, 2.45) is 5.41 Å². The minimum atomic E-state index is -0.460. The number of carbonyl (C=O) groups is 1. The molecule has 1 amide bonds. The number of benzene rings is 2. The van der Waals surface area contributed by atoms with E-state index in [0.717, 1.165) is 56.3 Å². The van der Waals surface area contributed by atoms with Crippen molar-refractivity contribution < 1.29 is 19.0 Å². The number of imidazole rings is 1. The predicted octanol–water partition coefficient (Wildman–Crippen LogP) is 4.54. The smallest absolute Gasteiger partial charge is 0.270 e. The molecule has 2 aromatic carbocycles. The zero-order valence-electron chi connectivity index (χ0n) is 21.5. The molecule has 0 saturated carbocycles. The SMILES string of the molecule is O=C(NC1COc2ccc(N3CC4(CCOCC4)C3)cc2-n2ccnc21)c1cc(Oc2ccccc2)ccn1. The number of anilines is 1. The molecule has 1 unspecified atom stereocenters. The van der Waals surface area contributed by atoms with Gasteiger partial charge in [-0.25, -0.2) is 4.98 Å². The second kappa shape index (κ2) is 9.74. The average molecular weight is 524 g/mol. The van der Waals surface area contributed by atoms with E-state index in [0.29, 0.717) is 22.7 Å². The molecule has 2 saturated heterocycles. The Kier molecular flexibility index (Phi) is 5.93. The van der Waals surface area contributed by atoms with Crippen molar-refractivity contribution in [2.75, 3.05) is 37.8 Å². The van der Waals surface area contributed by atoms with E-state index in [4.69, 9.17) is 14.2 Å². The second-order valence-corrected chi connectivity index (χ2v) is 10.4. The third-order valence-electron chi connectivity index (χ3n) is 7.81. The highest BCUT2D eigenvalue weighted by Crippen LogP contribution is 2.43. The van der Waals surface area contributed by atoms with Crippen molar-refractivity contribution >= 4 is 11.6 Å². The molecule has 2 fully saturated rings. The number of nitrogens with zero attached hydrogens (tertiary/aromatic N) is 4. The van der Waals surface area contributed by atoms with Gasteiger partial charge in [-0.15, -0.1) is 0 Å². The Balaban J connectivity index is 1.09. The minimum absolute atomic E-state index is 0.252. The summed E-state index contributed by atoms with van der Waals surface area (Å²) in [5.41, 5.74) is 2.72. The van der Waals surface area contributed by atoms with Gasteiger partial charge in [-0.2, -0.15) is 0 Å².